The van der Waals surface area contributed by atoms with Crippen LogP contribution in [-0.2, 0) is 14.3 Å². The molecule has 1 N–H and O–H groups in total. The smallest absolute Gasteiger partial charge is 0.331 e. The molecular formula is C12H23NO4. The Kier molecular flexibility index (Phi) is 4.17. The summed E-state index contributed by atoms with van der Waals surface area (Å²) >= 11 is 0. The van der Waals surface area contributed by atoms with Crippen LogP contribution in [-0.4, -0.2) is 47.1 Å². The molecule has 0 bridgehead atoms. The van der Waals surface area contributed by atoms with Crippen LogP contribution in [0.25, 0.3) is 0 Å². The number of piperidine rings is 1. The summed E-state index contributed by atoms with van der Waals surface area (Å²) in [6.07, 6.45) is 1.33. The Morgan fingerprint density at radius 1 is 1.29 bits per heavy atom. The first-order valence-electron chi connectivity index (χ1n) is 5.87. The van der Waals surface area contributed by atoms with Crippen LogP contribution < -0.4 is 0 Å². The Morgan fingerprint density at radius 3 is 2.18 bits per heavy atom. The third kappa shape index (κ3) is 3.40. The summed E-state index contributed by atoms with van der Waals surface area (Å²) in [5.74, 6) is -0.368. The first-order valence-corrected chi connectivity index (χ1v) is 5.87. The second-order valence-electron chi connectivity index (χ2n) is 5.85. The van der Waals surface area contributed by atoms with Gasteiger partial charge in [0, 0.05) is 11.1 Å². The van der Waals surface area contributed by atoms with Crippen molar-refractivity contribution in [3.05, 3.63) is 0 Å². The molecule has 0 aliphatic carbocycles. The van der Waals surface area contributed by atoms with Gasteiger partial charge in [-0.1, -0.05) is 0 Å². The lowest BCUT2D eigenvalue weighted by atomic mass is 9.80. The molecule has 0 amide bonds. The van der Waals surface area contributed by atoms with Gasteiger partial charge in [0.1, 0.15) is 6.61 Å². The fraction of sp³-hybridized carbons (Fsp3) is 0.917. The fourth-order valence-electron chi connectivity index (χ4n) is 2.54. The van der Waals surface area contributed by atoms with Crippen molar-refractivity contribution in [2.75, 3.05) is 13.7 Å². The third-order valence-corrected chi connectivity index (χ3v) is 3.27. The van der Waals surface area contributed by atoms with Crippen LogP contribution >= 0.6 is 0 Å². The number of esters is 1. The minimum Gasteiger partial charge on any atom is -0.467 e. The first-order chi connectivity index (χ1) is 7.69. The quantitative estimate of drug-likeness (QED) is 0.765. The standard InChI is InChI=1S/C12H23NO4/c1-11(2)6-9(17-8-10(14)16-5)7-12(3,4)13(11)15/h9,15H,6-8H2,1-5H3. The molecular weight excluding hydrogens is 222 g/mol. The van der Waals surface area contributed by atoms with E-state index in [1.165, 1.54) is 12.2 Å². The SMILES string of the molecule is COC(=O)COC1CC(C)(C)N(O)C(C)(C)C1. The Balaban J connectivity index is 2.62. The Labute approximate surface area is 103 Å². The Bertz CT molecular complexity index is 270. The van der Waals surface area contributed by atoms with E-state index in [1.807, 2.05) is 27.7 Å². The van der Waals surface area contributed by atoms with Crippen LogP contribution in [0, 0.1) is 0 Å². The molecule has 1 aliphatic heterocycles. The molecule has 0 radical (unpaired) electrons. The molecule has 17 heavy (non-hydrogen) atoms. The van der Waals surface area contributed by atoms with Crippen LogP contribution in [0.15, 0.2) is 0 Å². The van der Waals surface area contributed by atoms with Crippen molar-refractivity contribution in [1.29, 1.82) is 0 Å². The molecule has 0 saturated carbocycles. The lowest BCUT2D eigenvalue weighted by Gasteiger charge is -2.51. The van der Waals surface area contributed by atoms with Crippen LogP contribution in [0.1, 0.15) is 40.5 Å². The van der Waals surface area contributed by atoms with Gasteiger partial charge in [0.2, 0.25) is 0 Å². The molecule has 5 nitrogen and oxygen atoms in total. The van der Waals surface area contributed by atoms with Crippen LogP contribution in [0.2, 0.25) is 0 Å². The number of hydrogen-bond acceptors (Lipinski definition) is 5. The highest BCUT2D eigenvalue weighted by atomic mass is 16.6. The maximum absolute atomic E-state index is 11.0. The molecule has 100 valence electrons. The summed E-state index contributed by atoms with van der Waals surface area (Å²) in [5.41, 5.74) is -0.717. The summed E-state index contributed by atoms with van der Waals surface area (Å²) in [4.78, 5) is 11.0. The molecule has 0 aromatic heterocycles. The van der Waals surface area contributed by atoms with E-state index in [9.17, 15) is 10.0 Å². The van der Waals surface area contributed by atoms with E-state index in [0.717, 1.165) is 0 Å². The molecule has 1 fully saturated rings. The number of nitrogens with zero attached hydrogens (tertiary/aromatic N) is 1. The normalized spacial score (nSPS) is 24.6. The zero-order valence-electron chi connectivity index (χ0n) is 11.3. The second kappa shape index (κ2) is 4.92. The Hall–Kier alpha value is -0.650. The number of carbonyl (C=O) groups is 1. The zero-order chi connectivity index (χ0) is 13.3. The molecule has 0 unspecified atom stereocenters. The highest BCUT2D eigenvalue weighted by Gasteiger charge is 2.45. The number of carbonyl (C=O) groups excluding carboxylic acids is 1. The molecule has 1 saturated heterocycles. The van der Waals surface area contributed by atoms with Crippen molar-refractivity contribution in [3.8, 4) is 0 Å². The van der Waals surface area contributed by atoms with Gasteiger partial charge in [-0.3, -0.25) is 0 Å². The van der Waals surface area contributed by atoms with Gasteiger partial charge in [-0.25, -0.2) is 4.79 Å². The topological polar surface area (TPSA) is 59.0 Å². The van der Waals surface area contributed by atoms with E-state index in [0.29, 0.717) is 12.8 Å². The molecule has 1 heterocycles. The molecule has 0 aromatic rings. The van der Waals surface area contributed by atoms with Gasteiger partial charge in [0.05, 0.1) is 13.2 Å². The first kappa shape index (κ1) is 14.4. The van der Waals surface area contributed by atoms with Crippen LogP contribution in [0.4, 0.5) is 0 Å². The monoisotopic (exact) mass is 245 g/mol. The minimum absolute atomic E-state index is 0.0290. The minimum atomic E-state index is -0.368. The second-order valence-corrected chi connectivity index (χ2v) is 5.85. The fourth-order valence-corrected chi connectivity index (χ4v) is 2.54. The van der Waals surface area contributed by atoms with Gasteiger partial charge in [0.25, 0.3) is 0 Å². The van der Waals surface area contributed by atoms with Crippen molar-refractivity contribution >= 4 is 5.97 Å². The molecule has 0 atom stereocenters. The number of hydrogen-bond donors (Lipinski definition) is 1. The lowest BCUT2D eigenvalue weighted by molar-refractivity contribution is -0.261. The predicted octanol–water partition coefficient (Wildman–Crippen LogP) is 1.59. The Morgan fingerprint density at radius 2 is 1.76 bits per heavy atom. The maximum atomic E-state index is 11.0. The van der Waals surface area contributed by atoms with E-state index in [2.05, 4.69) is 4.74 Å². The van der Waals surface area contributed by atoms with E-state index in [4.69, 9.17) is 4.74 Å². The average molecular weight is 245 g/mol. The highest BCUT2D eigenvalue weighted by molar-refractivity contribution is 5.70. The van der Waals surface area contributed by atoms with Gasteiger partial charge in [0.15, 0.2) is 0 Å². The van der Waals surface area contributed by atoms with Gasteiger partial charge >= 0.3 is 5.97 Å². The van der Waals surface area contributed by atoms with Gasteiger partial charge < -0.3 is 14.7 Å². The third-order valence-electron chi connectivity index (χ3n) is 3.27. The number of methoxy groups -OCH3 is 1. The van der Waals surface area contributed by atoms with Crippen molar-refractivity contribution in [3.63, 3.8) is 0 Å². The van der Waals surface area contributed by atoms with Crippen LogP contribution in [0.5, 0.6) is 0 Å². The van der Waals surface area contributed by atoms with Gasteiger partial charge in [-0.2, -0.15) is 5.06 Å². The summed E-state index contributed by atoms with van der Waals surface area (Å²) in [5, 5.41) is 11.5. The van der Waals surface area contributed by atoms with E-state index in [-0.39, 0.29) is 29.8 Å². The number of rotatable bonds is 3. The molecule has 5 heteroatoms. The number of hydroxylamine groups is 2. The molecule has 0 spiro atoms. The molecule has 0 aromatic carbocycles. The predicted molar refractivity (Wildman–Crippen MR) is 62.8 cm³/mol. The molecule has 1 rings (SSSR count). The van der Waals surface area contributed by atoms with Crippen molar-refractivity contribution in [2.45, 2.75) is 57.7 Å². The summed E-state index contributed by atoms with van der Waals surface area (Å²) < 4.78 is 10.1. The summed E-state index contributed by atoms with van der Waals surface area (Å²) in [6, 6.07) is 0. The molecule has 1 aliphatic rings. The largest absolute Gasteiger partial charge is 0.467 e. The summed E-state index contributed by atoms with van der Waals surface area (Å²) in [6.45, 7) is 7.81. The van der Waals surface area contributed by atoms with E-state index in [1.54, 1.807) is 0 Å². The number of ether oxygens (including phenoxy) is 2. The van der Waals surface area contributed by atoms with Gasteiger partial charge in [-0.05, 0) is 40.5 Å². The van der Waals surface area contributed by atoms with E-state index < -0.39 is 0 Å². The average Bonchev–Trinajstić information content (AvgIpc) is 2.21. The lowest BCUT2D eigenvalue weighted by Crippen LogP contribution is -2.60. The zero-order valence-corrected chi connectivity index (χ0v) is 11.3. The highest BCUT2D eigenvalue weighted by Crippen LogP contribution is 2.37. The van der Waals surface area contributed by atoms with Crippen molar-refractivity contribution < 1.29 is 19.5 Å². The van der Waals surface area contributed by atoms with Crippen LogP contribution in [0.3, 0.4) is 0 Å². The summed E-state index contributed by atoms with van der Waals surface area (Å²) in [7, 11) is 1.34. The van der Waals surface area contributed by atoms with Gasteiger partial charge in [-0.15, -0.1) is 0 Å². The maximum Gasteiger partial charge on any atom is 0.331 e. The van der Waals surface area contributed by atoms with Crippen molar-refractivity contribution in [1.82, 2.24) is 5.06 Å². The van der Waals surface area contributed by atoms with E-state index >= 15 is 0 Å². The van der Waals surface area contributed by atoms with Crippen molar-refractivity contribution in [2.24, 2.45) is 0 Å².